The minimum Gasteiger partial charge on any atom is -0.457 e. The van der Waals surface area contributed by atoms with E-state index in [1.807, 2.05) is 47.3 Å². The summed E-state index contributed by atoms with van der Waals surface area (Å²) in [5, 5.41) is 7.72. The molecule has 0 aliphatic heterocycles. The minimum atomic E-state index is 0.754. The van der Waals surface area contributed by atoms with Gasteiger partial charge in [-0.1, -0.05) is 42.0 Å². The summed E-state index contributed by atoms with van der Waals surface area (Å²) in [6.07, 6.45) is 5.86. The zero-order valence-corrected chi connectivity index (χ0v) is 21.5. The van der Waals surface area contributed by atoms with Crippen molar-refractivity contribution in [3.05, 3.63) is 120 Å². The Hall–Kier alpha value is -4.90. The summed E-state index contributed by atoms with van der Waals surface area (Å²) < 4.78 is 10.4. The van der Waals surface area contributed by atoms with Crippen molar-refractivity contribution in [3.63, 3.8) is 0 Å². The molecule has 0 saturated heterocycles. The Morgan fingerprint density at radius 3 is 2.34 bits per heavy atom. The molecule has 3 heterocycles. The van der Waals surface area contributed by atoms with Crippen LogP contribution in [0.4, 0.5) is 0 Å². The average Bonchev–Trinajstić information content (AvgIpc) is 3.60. The molecule has 38 heavy (non-hydrogen) atoms. The van der Waals surface area contributed by atoms with E-state index in [1.165, 1.54) is 27.6 Å². The van der Waals surface area contributed by atoms with Gasteiger partial charge in [-0.25, -0.2) is 9.67 Å². The van der Waals surface area contributed by atoms with E-state index in [9.17, 15) is 0 Å². The summed E-state index contributed by atoms with van der Waals surface area (Å²) in [6.45, 7) is 6.47. The summed E-state index contributed by atoms with van der Waals surface area (Å²) in [5.41, 5.74) is 8.92. The van der Waals surface area contributed by atoms with Crippen molar-refractivity contribution in [2.45, 2.75) is 20.8 Å². The first-order valence-electron chi connectivity index (χ1n) is 12.7. The Bertz CT molecular complexity index is 1960. The Morgan fingerprint density at radius 2 is 1.53 bits per heavy atom. The number of hydrogen-bond acceptors (Lipinski definition) is 3. The molecule has 7 rings (SSSR count). The van der Waals surface area contributed by atoms with E-state index >= 15 is 0 Å². The fraction of sp³-hybridized carbons (Fsp3) is 0.0909. The first kappa shape index (κ1) is 22.3. The van der Waals surface area contributed by atoms with Crippen LogP contribution >= 0.6 is 0 Å². The third-order valence-corrected chi connectivity index (χ3v) is 7.15. The SMILES string of the molecule is Cc1cc(C)c(-c2cn3c4ccccc4c4ccc(Oc5cccc(-n6cccn6)c5)cc4c3n2)c(C)c1. The van der Waals surface area contributed by atoms with E-state index in [0.717, 1.165) is 44.8 Å². The van der Waals surface area contributed by atoms with Gasteiger partial charge >= 0.3 is 0 Å². The number of para-hydroxylation sites is 1. The number of pyridine rings is 1. The van der Waals surface area contributed by atoms with Crippen LogP contribution in [0.1, 0.15) is 16.7 Å². The Kier molecular flexibility index (Phi) is 5.05. The number of imidazole rings is 1. The molecule has 184 valence electrons. The minimum absolute atomic E-state index is 0.754. The standard InChI is InChI=1S/C33H26N4O/c1-21-16-22(2)32(23(3)17-21)30-20-36-31-11-5-4-10-28(31)27-13-12-26(19-29(27)33(36)35-30)38-25-9-6-8-24(18-25)37-15-7-14-34-37/h4-20H,1-3H3. The van der Waals surface area contributed by atoms with Crippen LogP contribution in [-0.4, -0.2) is 19.2 Å². The summed E-state index contributed by atoms with van der Waals surface area (Å²) in [4.78, 5) is 5.20. The van der Waals surface area contributed by atoms with Crippen molar-refractivity contribution in [1.29, 1.82) is 0 Å². The van der Waals surface area contributed by atoms with Crippen molar-refractivity contribution < 1.29 is 4.74 Å². The predicted octanol–water partition coefficient (Wildman–Crippen LogP) is 8.21. The van der Waals surface area contributed by atoms with Gasteiger partial charge in [0, 0.05) is 41.0 Å². The molecule has 0 radical (unpaired) electrons. The molecular weight excluding hydrogens is 468 g/mol. The highest BCUT2D eigenvalue weighted by Gasteiger charge is 2.16. The molecule has 0 N–H and O–H groups in total. The number of benzene rings is 4. The van der Waals surface area contributed by atoms with E-state index in [4.69, 9.17) is 9.72 Å². The number of ether oxygens (including phenoxy) is 1. The normalized spacial score (nSPS) is 11.6. The van der Waals surface area contributed by atoms with Gasteiger partial charge in [-0.05, 0) is 79.7 Å². The third-order valence-electron chi connectivity index (χ3n) is 7.15. The number of aromatic nitrogens is 4. The lowest BCUT2D eigenvalue weighted by Gasteiger charge is -2.11. The first-order chi connectivity index (χ1) is 18.5. The monoisotopic (exact) mass is 494 g/mol. The maximum Gasteiger partial charge on any atom is 0.146 e. The molecule has 0 aliphatic carbocycles. The largest absolute Gasteiger partial charge is 0.457 e. The lowest BCUT2D eigenvalue weighted by atomic mass is 9.98. The predicted molar refractivity (Wildman–Crippen MR) is 153 cm³/mol. The van der Waals surface area contributed by atoms with Crippen LogP contribution in [0.25, 0.3) is 44.3 Å². The quantitative estimate of drug-likeness (QED) is 0.232. The number of aryl methyl sites for hydroxylation is 3. The zero-order valence-electron chi connectivity index (χ0n) is 21.5. The lowest BCUT2D eigenvalue weighted by Crippen LogP contribution is -1.95. The van der Waals surface area contributed by atoms with Gasteiger partial charge in [-0.15, -0.1) is 0 Å². The molecule has 0 unspecified atom stereocenters. The van der Waals surface area contributed by atoms with Crippen LogP contribution in [0, 0.1) is 20.8 Å². The molecule has 7 aromatic rings. The Balaban J connectivity index is 1.41. The van der Waals surface area contributed by atoms with Crippen molar-refractivity contribution >= 4 is 27.3 Å². The topological polar surface area (TPSA) is 44.4 Å². The summed E-state index contributed by atoms with van der Waals surface area (Å²) >= 11 is 0. The molecule has 3 aromatic heterocycles. The first-order valence-corrected chi connectivity index (χ1v) is 12.7. The van der Waals surface area contributed by atoms with E-state index in [-0.39, 0.29) is 0 Å². The smallest absolute Gasteiger partial charge is 0.146 e. The maximum atomic E-state index is 6.35. The number of rotatable bonds is 4. The molecule has 0 amide bonds. The number of nitrogens with zero attached hydrogens (tertiary/aromatic N) is 4. The highest BCUT2D eigenvalue weighted by Crippen LogP contribution is 2.36. The second-order valence-electron chi connectivity index (χ2n) is 9.87. The Labute approximate surface area is 220 Å². The highest BCUT2D eigenvalue weighted by atomic mass is 16.5. The summed E-state index contributed by atoms with van der Waals surface area (Å²) in [7, 11) is 0. The van der Waals surface area contributed by atoms with Crippen molar-refractivity contribution in [2.75, 3.05) is 0 Å². The van der Waals surface area contributed by atoms with E-state index in [0.29, 0.717) is 0 Å². The van der Waals surface area contributed by atoms with Crippen molar-refractivity contribution in [3.8, 4) is 28.4 Å². The number of fused-ring (bicyclic) bond motifs is 6. The van der Waals surface area contributed by atoms with E-state index < -0.39 is 0 Å². The second-order valence-corrected chi connectivity index (χ2v) is 9.87. The van der Waals surface area contributed by atoms with Crippen LogP contribution < -0.4 is 4.74 Å². The van der Waals surface area contributed by atoms with Crippen LogP contribution in [0.15, 0.2) is 104 Å². The summed E-state index contributed by atoms with van der Waals surface area (Å²) in [5.74, 6) is 1.52. The van der Waals surface area contributed by atoms with Gasteiger partial charge in [-0.2, -0.15) is 5.10 Å². The van der Waals surface area contributed by atoms with Gasteiger partial charge in [0.1, 0.15) is 17.1 Å². The molecular formula is C33H26N4O. The molecule has 0 fully saturated rings. The second kappa shape index (κ2) is 8.60. The average molecular weight is 495 g/mol. The Morgan fingerprint density at radius 1 is 0.711 bits per heavy atom. The fourth-order valence-corrected chi connectivity index (χ4v) is 5.62. The van der Waals surface area contributed by atoms with E-state index in [2.05, 4.69) is 85.0 Å². The highest BCUT2D eigenvalue weighted by molar-refractivity contribution is 6.12. The maximum absolute atomic E-state index is 6.35. The molecule has 0 saturated carbocycles. The summed E-state index contributed by atoms with van der Waals surface area (Å²) in [6, 6.07) is 29.1. The van der Waals surface area contributed by atoms with E-state index in [1.54, 1.807) is 6.20 Å². The van der Waals surface area contributed by atoms with Crippen LogP contribution in [0.2, 0.25) is 0 Å². The molecule has 0 atom stereocenters. The van der Waals surface area contributed by atoms with Crippen LogP contribution in [-0.2, 0) is 0 Å². The molecule has 0 bridgehead atoms. The van der Waals surface area contributed by atoms with Gasteiger partial charge < -0.3 is 4.74 Å². The fourth-order valence-electron chi connectivity index (χ4n) is 5.62. The lowest BCUT2D eigenvalue weighted by molar-refractivity contribution is 0.483. The van der Waals surface area contributed by atoms with Gasteiger partial charge in [0.15, 0.2) is 0 Å². The van der Waals surface area contributed by atoms with Gasteiger partial charge in [0.05, 0.1) is 16.9 Å². The zero-order chi connectivity index (χ0) is 25.8. The van der Waals surface area contributed by atoms with Gasteiger partial charge in [-0.3, -0.25) is 4.40 Å². The van der Waals surface area contributed by atoms with Gasteiger partial charge in [0.2, 0.25) is 0 Å². The van der Waals surface area contributed by atoms with Crippen LogP contribution in [0.3, 0.4) is 0 Å². The van der Waals surface area contributed by atoms with Crippen molar-refractivity contribution in [1.82, 2.24) is 19.2 Å². The molecule has 5 heteroatoms. The molecule has 0 aliphatic rings. The third kappa shape index (κ3) is 3.63. The molecule has 5 nitrogen and oxygen atoms in total. The van der Waals surface area contributed by atoms with Crippen molar-refractivity contribution in [2.24, 2.45) is 0 Å². The molecule has 0 spiro atoms. The number of hydrogen-bond donors (Lipinski definition) is 0. The molecule has 4 aromatic carbocycles. The van der Waals surface area contributed by atoms with Crippen LogP contribution in [0.5, 0.6) is 11.5 Å². The van der Waals surface area contributed by atoms with Gasteiger partial charge in [0.25, 0.3) is 0 Å².